The summed E-state index contributed by atoms with van der Waals surface area (Å²) in [7, 11) is -6.00. The molecule has 0 aliphatic rings. The average Bonchev–Trinajstić information content (AvgIpc) is 1.81. The first kappa shape index (κ1) is 12.5. The van der Waals surface area contributed by atoms with E-state index in [2.05, 4.69) is 4.98 Å². The first-order valence-corrected chi connectivity index (χ1v) is 3.68. The van der Waals surface area contributed by atoms with Crippen LogP contribution in [0.3, 0.4) is 0 Å². The zero-order valence-electron chi connectivity index (χ0n) is 7.02. The fourth-order valence-electron chi connectivity index (χ4n) is 0.386. The predicted molar refractivity (Wildman–Crippen MR) is 45.6 cm³/mol. The van der Waals surface area contributed by atoms with Gasteiger partial charge in [-0.1, -0.05) is 23.2 Å². The molecule has 0 N–H and O–H groups in total. The number of pyridine rings is 1. The van der Waals surface area contributed by atoms with E-state index >= 15 is 0 Å². The lowest BCUT2D eigenvalue weighted by atomic mass is 10.3. The third kappa shape index (κ3) is 11.5. The second kappa shape index (κ2) is 5.29. The highest BCUT2D eigenvalue weighted by Crippen LogP contribution is 2.11. The first-order valence-electron chi connectivity index (χ1n) is 2.92. The Balaban J connectivity index is 0. The molecule has 1 aromatic heterocycles. The van der Waals surface area contributed by atoms with Gasteiger partial charge in [-0.3, -0.25) is 4.98 Å². The van der Waals surface area contributed by atoms with E-state index in [1.165, 1.54) is 12.4 Å². The lowest BCUT2D eigenvalue weighted by Crippen LogP contribution is -2.02. The van der Waals surface area contributed by atoms with Gasteiger partial charge >= 0.3 is 8.68 Å². The van der Waals surface area contributed by atoms with Crippen molar-refractivity contribution in [2.24, 2.45) is 0 Å². The van der Waals surface area contributed by atoms with E-state index in [0.29, 0.717) is 10.0 Å². The molecule has 0 aromatic carbocycles. The molecular formula is C5H4BCl2F4N. The van der Waals surface area contributed by atoms with Crippen molar-refractivity contribution in [2.45, 2.75) is 0 Å². The normalized spacial score (nSPS) is 10.3. The summed E-state index contributed by atoms with van der Waals surface area (Å²) >= 11 is 11.0. The number of aromatic nitrogens is 1. The lowest BCUT2D eigenvalue weighted by molar-refractivity contribution is 0.368. The molecule has 0 spiro atoms. The largest absolute Gasteiger partial charge is 1.00 e. The smallest absolute Gasteiger partial charge is 0.418 e. The van der Waals surface area contributed by atoms with Crippen LogP contribution in [0.5, 0.6) is 0 Å². The van der Waals surface area contributed by atoms with Crippen LogP contribution in [0, 0.1) is 0 Å². The fraction of sp³-hybridized carbons (Fsp3) is 0. The van der Waals surface area contributed by atoms with Crippen molar-refractivity contribution in [3.8, 4) is 0 Å². The van der Waals surface area contributed by atoms with E-state index in [1.807, 2.05) is 0 Å². The van der Waals surface area contributed by atoms with Crippen molar-refractivity contribution in [3.05, 3.63) is 28.5 Å². The van der Waals surface area contributed by atoms with Crippen molar-refractivity contribution in [1.82, 2.24) is 4.98 Å². The van der Waals surface area contributed by atoms with Gasteiger partial charge in [0.05, 0.1) is 10.0 Å². The summed E-state index contributed by atoms with van der Waals surface area (Å²) < 4.78 is 39.0. The maximum atomic E-state index is 9.75. The summed E-state index contributed by atoms with van der Waals surface area (Å²) in [5.41, 5.74) is 0. The molecule has 0 aliphatic heterocycles. The van der Waals surface area contributed by atoms with Crippen LogP contribution in [0.1, 0.15) is 1.43 Å². The zero-order chi connectivity index (χ0) is 10.5. The van der Waals surface area contributed by atoms with Crippen molar-refractivity contribution in [2.75, 3.05) is 0 Å². The highest BCUT2D eigenvalue weighted by Gasteiger charge is 2.20. The standard InChI is InChI=1S/C5H3Cl2N.BF4/c6-4-1-5(7)3-8-2-4;2-1(3,4)5/h1-3H;/q;-1/p+1. The first-order chi connectivity index (χ1) is 5.79. The van der Waals surface area contributed by atoms with Gasteiger partial charge in [0.15, 0.2) is 0 Å². The molecule has 0 saturated heterocycles. The number of hydrogen-bond acceptors (Lipinski definition) is 1. The van der Waals surface area contributed by atoms with Crippen molar-refractivity contribution >= 4 is 30.5 Å². The van der Waals surface area contributed by atoms with Gasteiger partial charge in [0, 0.05) is 12.4 Å². The highest BCUT2D eigenvalue weighted by molar-refractivity contribution is 6.50. The monoisotopic (exact) mass is 235 g/mol. The Hall–Kier alpha value is -0.485. The van der Waals surface area contributed by atoms with Crippen LogP contribution in [0.15, 0.2) is 18.5 Å². The molecule has 0 radical (unpaired) electrons. The summed E-state index contributed by atoms with van der Waals surface area (Å²) in [6.07, 6.45) is 3.07. The maximum absolute atomic E-state index is 9.75. The van der Waals surface area contributed by atoms with Crippen LogP contribution >= 0.6 is 23.2 Å². The van der Waals surface area contributed by atoms with Crippen molar-refractivity contribution in [3.63, 3.8) is 0 Å². The summed E-state index contributed by atoms with van der Waals surface area (Å²) in [6, 6.07) is 1.64. The van der Waals surface area contributed by atoms with E-state index in [9.17, 15) is 17.3 Å². The molecule has 1 heterocycles. The Bertz CT molecular complexity index is 249. The highest BCUT2D eigenvalue weighted by atomic mass is 35.5. The van der Waals surface area contributed by atoms with Gasteiger partial charge in [0.1, 0.15) is 0 Å². The molecule has 0 bridgehead atoms. The molecule has 0 fully saturated rings. The Morgan fingerprint density at radius 3 is 1.54 bits per heavy atom. The number of halogens is 6. The quantitative estimate of drug-likeness (QED) is 0.493. The molecule has 0 unspecified atom stereocenters. The van der Waals surface area contributed by atoms with Gasteiger partial charge in [-0.05, 0) is 6.07 Å². The second-order valence-corrected chi connectivity index (χ2v) is 2.69. The number of nitrogens with zero attached hydrogens (tertiary/aromatic N) is 1. The molecule has 13 heavy (non-hydrogen) atoms. The van der Waals surface area contributed by atoms with Gasteiger partial charge < -0.3 is 17.3 Å². The minimum absolute atomic E-state index is 0. The minimum Gasteiger partial charge on any atom is -0.418 e. The Morgan fingerprint density at radius 1 is 1.08 bits per heavy atom. The molecule has 0 amide bonds. The molecule has 0 atom stereocenters. The topological polar surface area (TPSA) is 12.9 Å². The molecule has 1 nitrogen and oxygen atoms in total. The molecular weight excluding hydrogens is 232 g/mol. The van der Waals surface area contributed by atoms with Crippen molar-refractivity contribution in [1.29, 1.82) is 0 Å². The Morgan fingerprint density at radius 2 is 1.38 bits per heavy atom. The number of hydrogen-bond donors (Lipinski definition) is 0. The van der Waals surface area contributed by atoms with Gasteiger partial charge in [0.25, 0.3) is 0 Å². The second-order valence-electron chi connectivity index (χ2n) is 1.82. The van der Waals surface area contributed by atoms with Crippen LogP contribution in [0.2, 0.25) is 10.0 Å². The average molecular weight is 236 g/mol. The van der Waals surface area contributed by atoms with E-state index in [4.69, 9.17) is 23.2 Å². The van der Waals surface area contributed by atoms with Crippen LogP contribution < -0.4 is 0 Å². The summed E-state index contributed by atoms with van der Waals surface area (Å²) in [4.78, 5) is 3.72. The number of rotatable bonds is 0. The van der Waals surface area contributed by atoms with E-state index in [1.54, 1.807) is 6.07 Å². The van der Waals surface area contributed by atoms with Gasteiger partial charge in [-0.25, -0.2) is 0 Å². The molecule has 0 saturated carbocycles. The van der Waals surface area contributed by atoms with Crippen molar-refractivity contribution < 1.29 is 18.7 Å². The SMILES string of the molecule is Clc1cncc(Cl)c1.F[B-](F)(F)F.[H+]. The summed E-state index contributed by atoms with van der Waals surface area (Å²) in [5.74, 6) is 0. The Labute approximate surface area is 83.3 Å². The molecule has 1 aromatic rings. The van der Waals surface area contributed by atoms with E-state index < -0.39 is 7.25 Å². The van der Waals surface area contributed by atoms with Gasteiger partial charge in [0.2, 0.25) is 0 Å². The molecule has 74 valence electrons. The summed E-state index contributed by atoms with van der Waals surface area (Å²) in [6.45, 7) is 0. The third-order valence-corrected chi connectivity index (χ3v) is 1.08. The summed E-state index contributed by atoms with van der Waals surface area (Å²) in [5, 5.41) is 1.13. The predicted octanol–water partition coefficient (Wildman–Crippen LogP) is 3.80. The zero-order valence-corrected chi connectivity index (χ0v) is 7.54. The lowest BCUT2D eigenvalue weighted by Gasteiger charge is -1.94. The maximum Gasteiger partial charge on any atom is 1.00 e. The minimum atomic E-state index is -6.00. The van der Waals surface area contributed by atoms with Crippen LogP contribution in [0.4, 0.5) is 17.3 Å². The van der Waals surface area contributed by atoms with E-state index in [-0.39, 0.29) is 1.43 Å². The van der Waals surface area contributed by atoms with Crippen LogP contribution in [-0.2, 0) is 0 Å². The third-order valence-electron chi connectivity index (χ3n) is 0.672. The van der Waals surface area contributed by atoms with Crippen LogP contribution in [-0.4, -0.2) is 12.2 Å². The molecule has 0 aliphatic carbocycles. The van der Waals surface area contributed by atoms with Crippen LogP contribution in [0.25, 0.3) is 0 Å². The Kier molecular flexibility index (Phi) is 5.09. The van der Waals surface area contributed by atoms with E-state index in [0.717, 1.165) is 0 Å². The molecule has 1 rings (SSSR count). The fourth-order valence-corrected chi connectivity index (χ4v) is 0.790. The molecule has 8 heteroatoms. The van der Waals surface area contributed by atoms with Gasteiger partial charge in [-0.15, -0.1) is 0 Å². The van der Waals surface area contributed by atoms with Gasteiger partial charge in [-0.2, -0.15) is 0 Å².